The molecule has 3 aliphatic rings. The van der Waals surface area contributed by atoms with Crippen LogP contribution in [0.2, 0.25) is 18.6 Å². The molecule has 4 atom stereocenters. The van der Waals surface area contributed by atoms with Crippen LogP contribution in [0, 0.1) is 19.3 Å². The molecule has 2 aliphatic carbocycles. The summed E-state index contributed by atoms with van der Waals surface area (Å²) in [6.45, 7) is 5.13. The Kier molecular flexibility index (Phi) is 8.99. The number of halogens is 2. The zero-order chi connectivity index (χ0) is 22.9. The fourth-order valence-electron chi connectivity index (χ4n) is 5.86. The molecule has 0 N–H and O–H groups in total. The Balaban J connectivity index is 0.000000728. The first kappa shape index (κ1) is 26.6. The van der Waals surface area contributed by atoms with Crippen molar-refractivity contribution in [2.24, 2.45) is 11.8 Å². The first-order valence-electron chi connectivity index (χ1n) is 11.1. The number of allylic oxidation sites excluding steroid dienone is 3. The number of nitrogens with zero attached hydrogens (tertiary/aromatic N) is 3. The fourth-order valence-corrected chi connectivity index (χ4v) is 9.90. The third-order valence-electron chi connectivity index (χ3n) is 7.26. The molecule has 0 radical (unpaired) electrons. The van der Waals surface area contributed by atoms with E-state index in [-0.39, 0.29) is 7.43 Å². The van der Waals surface area contributed by atoms with Crippen molar-refractivity contribution in [2.45, 2.75) is 31.1 Å². The van der Waals surface area contributed by atoms with Crippen LogP contribution < -0.4 is 4.57 Å². The molecule has 0 aromatic heterocycles. The monoisotopic (exact) mass is 533 g/mol. The Morgan fingerprint density at radius 3 is 1.91 bits per heavy atom. The third kappa shape index (κ3) is 5.03. The third-order valence-corrected chi connectivity index (χ3v) is 11.3. The Hall–Kier alpha value is -1.01. The van der Waals surface area contributed by atoms with Crippen LogP contribution in [0.5, 0.6) is 0 Å². The average Bonchev–Trinajstić information content (AvgIpc) is 3.19. The summed E-state index contributed by atoms with van der Waals surface area (Å²) in [6, 6.07) is 18.0. The Labute approximate surface area is 217 Å². The van der Waals surface area contributed by atoms with Gasteiger partial charge >= 0.3 is 35.6 Å². The molecule has 2 aromatic rings. The van der Waals surface area contributed by atoms with Gasteiger partial charge in [0.2, 0.25) is 0 Å². The zero-order valence-electron chi connectivity index (χ0n) is 20.0. The molecule has 2 aromatic carbocycles. The molecular formula is C26H33Cl2N3SiTi-2. The van der Waals surface area contributed by atoms with E-state index in [1.807, 2.05) is 0 Å². The summed E-state index contributed by atoms with van der Waals surface area (Å²) in [7, 11) is 12.4. The van der Waals surface area contributed by atoms with Crippen LogP contribution in [-0.4, -0.2) is 33.3 Å². The van der Waals surface area contributed by atoms with Gasteiger partial charge in [0, 0.05) is 17.4 Å². The van der Waals surface area contributed by atoms with Gasteiger partial charge in [-0.25, -0.2) is 0 Å². The maximum absolute atomic E-state index is 4.97. The van der Waals surface area contributed by atoms with E-state index in [9.17, 15) is 0 Å². The van der Waals surface area contributed by atoms with Crippen molar-refractivity contribution in [1.29, 1.82) is 0 Å². The Morgan fingerprint density at radius 2 is 1.39 bits per heavy atom. The Bertz CT molecular complexity index is 965. The van der Waals surface area contributed by atoms with Crippen molar-refractivity contribution in [3.8, 4) is 0 Å². The number of hydrogen-bond donors (Lipinski definition) is 0. The number of benzene rings is 2. The van der Waals surface area contributed by atoms with Crippen LogP contribution in [-0.2, 0) is 17.0 Å². The van der Waals surface area contributed by atoms with Crippen molar-refractivity contribution >= 4 is 49.6 Å². The van der Waals surface area contributed by atoms with Crippen LogP contribution in [0.4, 0.5) is 22.7 Å². The molecule has 176 valence electrons. The van der Waals surface area contributed by atoms with Crippen LogP contribution in [0.25, 0.3) is 5.32 Å². The van der Waals surface area contributed by atoms with Crippen molar-refractivity contribution in [1.82, 2.24) is 4.90 Å². The van der Waals surface area contributed by atoms with Gasteiger partial charge in [0.15, 0.2) is 8.24 Å². The van der Waals surface area contributed by atoms with E-state index in [0.717, 1.165) is 11.4 Å². The van der Waals surface area contributed by atoms with Crippen LogP contribution >= 0.6 is 18.6 Å². The molecule has 3 nitrogen and oxygen atoms in total. The molecule has 1 fully saturated rings. The summed E-state index contributed by atoms with van der Waals surface area (Å²) in [5.74, 6) is 1.24. The molecule has 1 saturated carbocycles. The summed E-state index contributed by atoms with van der Waals surface area (Å²) in [5, 5.41) is 4.97. The number of rotatable bonds is 3. The predicted molar refractivity (Wildman–Crippen MR) is 144 cm³/mol. The number of hydrogen-bond acceptors (Lipinski definition) is 2. The molecule has 1 heterocycles. The van der Waals surface area contributed by atoms with E-state index in [2.05, 4.69) is 109 Å². The molecule has 0 bridgehead atoms. The van der Waals surface area contributed by atoms with Crippen molar-refractivity contribution < 1.29 is 17.0 Å². The average molecular weight is 534 g/mol. The second-order valence-corrected chi connectivity index (χ2v) is 16.5. The van der Waals surface area contributed by atoms with Crippen molar-refractivity contribution in [2.75, 3.05) is 18.7 Å². The van der Waals surface area contributed by atoms with Gasteiger partial charge in [-0.15, -0.1) is 11.4 Å². The number of fused-ring (bicyclic) bond motifs is 3. The van der Waals surface area contributed by atoms with Gasteiger partial charge in [0.1, 0.15) is 0 Å². The standard InChI is InChI=1S/C25H30N3Si.CH3.2ClH.Ti/c1-27(2)24-17-25(19-12-6-5-11-18(19)24)29(3,4)28-22-15-9-7-13-20(22)26-21-14-8-10-16-23(21)28;;;;/h5-16,18-19,24-25H,17H2,1-4H3;1H3;2*1H;/q2*-1;;;+2/p-2/t18-,19+,24+,25?;;;;/m1..../s1. The molecule has 5 rings (SSSR count). The molecule has 0 amide bonds. The topological polar surface area (TPSA) is 20.6 Å². The van der Waals surface area contributed by atoms with Crippen molar-refractivity contribution in [3.05, 3.63) is 85.6 Å². The van der Waals surface area contributed by atoms with Gasteiger partial charge in [-0.05, 0) is 50.0 Å². The van der Waals surface area contributed by atoms with Gasteiger partial charge in [0.05, 0.1) is 0 Å². The molecule has 1 unspecified atom stereocenters. The molecule has 7 heteroatoms. The second kappa shape index (κ2) is 11.2. The summed E-state index contributed by atoms with van der Waals surface area (Å²) >= 11 is -0.556. The van der Waals surface area contributed by atoms with Gasteiger partial charge in [0.25, 0.3) is 0 Å². The van der Waals surface area contributed by atoms with Crippen LogP contribution in [0.1, 0.15) is 6.42 Å². The summed E-state index contributed by atoms with van der Waals surface area (Å²) in [6.07, 6.45) is 10.7. The first-order valence-corrected chi connectivity index (χ1v) is 18.4. The predicted octanol–water partition coefficient (Wildman–Crippen LogP) is 8.57. The van der Waals surface area contributed by atoms with Crippen LogP contribution in [0.15, 0.2) is 72.8 Å². The molecule has 0 spiro atoms. The zero-order valence-corrected chi connectivity index (χ0v) is 24.1. The normalized spacial score (nSPS) is 24.5. The fraction of sp³-hybridized carbons (Fsp3) is 0.346. The summed E-state index contributed by atoms with van der Waals surface area (Å²) < 4.78 is 2.70. The van der Waals surface area contributed by atoms with E-state index in [1.54, 1.807) is 0 Å². The minimum atomic E-state index is -1.91. The van der Waals surface area contributed by atoms with E-state index in [1.165, 1.54) is 17.8 Å². The van der Waals surface area contributed by atoms with Gasteiger partial charge in [-0.3, -0.25) is 0 Å². The van der Waals surface area contributed by atoms with E-state index < -0.39 is 25.3 Å². The molecular weight excluding hydrogens is 501 g/mol. The van der Waals surface area contributed by atoms with Gasteiger partial charge in [-0.1, -0.05) is 73.8 Å². The second-order valence-electron chi connectivity index (χ2n) is 9.45. The van der Waals surface area contributed by atoms with E-state index >= 15 is 0 Å². The van der Waals surface area contributed by atoms with E-state index in [0.29, 0.717) is 23.4 Å². The minimum absolute atomic E-state index is 0. The molecule has 33 heavy (non-hydrogen) atoms. The van der Waals surface area contributed by atoms with Gasteiger partial charge < -0.3 is 22.2 Å². The van der Waals surface area contributed by atoms with Crippen molar-refractivity contribution in [3.63, 3.8) is 0 Å². The first-order chi connectivity index (χ1) is 15.4. The number of para-hydroxylation sites is 4. The quantitative estimate of drug-likeness (QED) is 0.291. The maximum atomic E-state index is 4.97. The molecule has 0 saturated heterocycles. The summed E-state index contributed by atoms with van der Waals surface area (Å²) in [4.78, 5) is 2.44. The van der Waals surface area contributed by atoms with Crippen LogP contribution in [0.3, 0.4) is 0 Å². The Morgan fingerprint density at radius 1 is 0.909 bits per heavy atom. The molecule has 1 aliphatic heterocycles. The number of anilines is 2. The van der Waals surface area contributed by atoms with Gasteiger partial charge in [-0.2, -0.15) is 0 Å². The summed E-state index contributed by atoms with van der Waals surface area (Å²) in [5.41, 5.74) is 5.44. The van der Waals surface area contributed by atoms with E-state index in [4.69, 9.17) is 23.9 Å². The SMILES string of the molecule is CN(C)[C@H]1CC([Si](C)(C)N2c3ccccc3[N-]c3ccccc32)[C@H]2C=CC=C[C@H]21.[CH3-].[Cl][Ti][Cl].